The number of carbonyl (C=O) groups is 1. The number of H-pyrrole nitrogens is 1. The van der Waals surface area contributed by atoms with Crippen LogP contribution in [0.1, 0.15) is 43.1 Å². The Balaban J connectivity index is 0.000000970. The monoisotopic (exact) mass is 381 g/mol. The van der Waals surface area contributed by atoms with Crippen molar-refractivity contribution in [3.05, 3.63) is 47.3 Å². The van der Waals surface area contributed by atoms with E-state index in [9.17, 15) is 4.79 Å². The van der Waals surface area contributed by atoms with Crippen molar-refractivity contribution < 1.29 is 6.22 Å². The van der Waals surface area contributed by atoms with E-state index in [0.29, 0.717) is 29.7 Å². The van der Waals surface area contributed by atoms with Crippen molar-refractivity contribution >= 4 is 29.0 Å². The molecular formula is C20H27N7O. The van der Waals surface area contributed by atoms with Crippen molar-refractivity contribution in [2.24, 2.45) is 4.99 Å². The van der Waals surface area contributed by atoms with Crippen LogP contribution in [0, 0.1) is 13.8 Å². The van der Waals surface area contributed by atoms with Crippen LogP contribution in [0.3, 0.4) is 0 Å². The molecule has 0 fully saturated rings. The first-order valence-electron chi connectivity index (χ1n) is 9.45. The standard InChI is InChI=1S/C18H19N7O.C2H6.H2/c1-11-13-5-3-4-6-14(13)24-15(21-11)9-20-18(26)16-17(23-12(2)22-16)25-8-7-19-10-25;1-2;/h3-6,10H,7-9H2,1-2H3,(H,20,26)(H,22,23);1-2H3;1H. The third-order valence-electron chi connectivity index (χ3n) is 4.24. The maximum absolute atomic E-state index is 12.6. The highest BCUT2D eigenvalue weighted by Crippen LogP contribution is 2.19. The highest BCUT2D eigenvalue weighted by Gasteiger charge is 2.22. The topological polar surface area (TPSA) is 99.2 Å². The summed E-state index contributed by atoms with van der Waals surface area (Å²) in [4.78, 5) is 35.2. The van der Waals surface area contributed by atoms with Crippen LogP contribution < -0.4 is 10.2 Å². The molecule has 0 aliphatic carbocycles. The molecule has 28 heavy (non-hydrogen) atoms. The van der Waals surface area contributed by atoms with Gasteiger partial charge in [0.2, 0.25) is 0 Å². The minimum atomic E-state index is -0.240. The average Bonchev–Trinajstić information content (AvgIpc) is 3.37. The van der Waals surface area contributed by atoms with Crippen LogP contribution >= 0.6 is 0 Å². The van der Waals surface area contributed by atoms with Gasteiger partial charge in [0.15, 0.2) is 5.82 Å². The van der Waals surface area contributed by atoms with E-state index in [4.69, 9.17) is 0 Å². The fourth-order valence-electron chi connectivity index (χ4n) is 3.01. The van der Waals surface area contributed by atoms with Crippen LogP contribution in [0.5, 0.6) is 0 Å². The molecule has 0 spiro atoms. The summed E-state index contributed by atoms with van der Waals surface area (Å²) < 4.78 is 0. The quantitative estimate of drug-likeness (QED) is 0.724. The number of nitrogens with one attached hydrogen (secondary N) is 2. The predicted molar refractivity (Wildman–Crippen MR) is 113 cm³/mol. The van der Waals surface area contributed by atoms with E-state index in [0.717, 1.165) is 23.1 Å². The van der Waals surface area contributed by atoms with Gasteiger partial charge in [-0.05, 0) is 19.9 Å². The number of imidazole rings is 1. The summed E-state index contributed by atoms with van der Waals surface area (Å²) >= 11 is 0. The van der Waals surface area contributed by atoms with Crippen LogP contribution in [-0.4, -0.2) is 45.3 Å². The third kappa shape index (κ3) is 4.00. The zero-order valence-electron chi connectivity index (χ0n) is 16.7. The van der Waals surface area contributed by atoms with Crippen LogP contribution in [-0.2, 0) is 6.54 Å². The van der Waals surface area contributed by atoms with Crippen molar-refractivity contribution in [1.82, 2.24) is 25.3 Å². The molecule has 0 bridgehead atoms. The summed E-state index contributed by atoms with van der Waals surface area (Å²) in [6, 6.07) is 7.83. The summed E-state index contributed by atoms with van der Waals surface area (Å²) in [5.74, 6) is 1.62. The SMILES string of the molecule is CC.Cc1nc(N2C=NCC2)c(C(=O)NCc2nc(C)c3ccccc3n2)[nH]1.[HH]. The first-order valence-corrected chi connectivity index (χ1v) is 9.45. The number of amides is 1. The van der Waals surface area contributed by atoms with E-state index < -0.39 is 0 Å². The number of carbonyl (C=O) groups excluding carboxylic acids is 1. The van der Waals surface area contributed by atoms with Gasteiger partial charge in [-0.3, -0.25) is 9.79 Å². The Morgan fingerprint density at radius 3 is 2.75 bits per heavy atom. The fraction of sp³-hybridized carbons (Fsp3) is 0.350. The van der Waals surface area contributed by atoms with Gasteiger partial charge in [-0.1, -0.05) is 32.0 Å². The molecule has 0 saturated heterocycles. The zero-order chi connectivity index (χ0) is 20.1. The van der Waals surface area contributed by atoms with E-state index in [2.05, 4.69) is 30.2 Å². The van der Waals surface area contributed by atoms with E-state index in [1.54, 1.807) is 6.34 Å². The Morgan fingerprint density at radius 2 is 2.00 bits per heavy atom. The number of fused-ring (bicyclic) bond motifs is 1. The van der Waals surface area contributed by atoms with Gasteiger partial charge in [0.25, 0.3) is 5.91 Å². The largest absolute Gasteiger partial charge is 0.343 e. The minimum absolute atomic E-state index is 0. The number of aliphatic imine (C=N–C) groups is 1. The van der Waals surface area contributed by atoms with Gasteiger partial charge in [-0.25, -0.2) is 15.0 Å². The maximum Gasteiger partial charge on any atom is 0.271 e. The molecule has 2 N–H and O–H groups in total. The van der Waals surface area contributed by atoms with Gasteiger partial charge in [0, 0.05) is 19.1 Å². The Hall–Kier alpha value is -3.29. The smallest absolute Gasteiger partial charge is 0.271 e. The zero-order valence-corrected chi connectivity index (χ0v) is 16.7. The van der Waals surface area contributed by atoms with Crippen molar-refractivity contribution in [2.45, 2.75) is 34.2 Å². The molecule has 3 aromatic rings. The molecule has 3 heterocycles. The van der Waals surface area contributed by atoms with E-state index in [1.165, 1.54) is 0 Å². The van der Waals surface area contributed by atoms with Gasteiger partial charge in [-0.15, -0.1) is 0 Å². The van der Waals surface area contributed by atoms with Gasteiger partial charge in [0.05, 0.1) is 24.9 Å². The summed E-state index contributed by atoms with van der Waals surface area (Å²) in [6.45, 7) is 9.44. The van der Waals surface area contributed by atoms with Crippen LogP contribution in [0.4, 0.5) is 5.82 Å². The molecule has 2 aromatic heterocycles. The van der Waals surface area contributed by atoms with E-state index >= 15 is 0 Å². The lowest BCUT2D eigenvalue weighted by atomic mass is 10.2. The summed E-state index contributed by atoms with van der Waals surface area (Å²) in [5, 5.41) is 3.89. The van der Waals surface area contributed by atoms with Crippen LogP contribution in [0.2, 0.25) is 0 Å². The van der Waals surface area contributed by atoms with Crippen molar-refractivity contribution in [1.29, 1.82) is 0 Å². The van der Waals surface area contributed by atoms with Gasteiger partial charge >= 0.3 is 0 Å². The van der Waals surface area contributed by atoms with Gasteiger partial charge in [0.1, 0.15) is 17.3 Å². The van der Waals surface area contributed by atoms with Gasteiger partial charge in [-0.2, -0.15) is 0 Å². The maximum atomic E-state index is 12.6. The Bertz CT molecular complexity index is 1020. The van der Waals surface area contributed by atoms with E-state index in [1.807, 2.05) is 56.9 Å². The van der Waals surface area contributed by atoms with Gasteiger partial charge < -0.3 is 15.2 Å². The van der Waals surface area contributed by atoms with Crippen molar-refractivity contribution in [3.8, 4) is 0 Å². The minimum Gasteiger partial charge on any atom is -0.343 e. The lowest BCUT2D eigenvalue weighted by Crippen LogP contribution is -2.28. The summed E-state index contributed by atoms with van der Waals surface area (Å²) in [5.41, 5.74) is 2.19. The number of benzene rings is 1. The fourth-order valence-corrected chi connectivity index (χ4v) is 3.01. The molecule has 1 aliphatic heterocycles. The highest BCUT2D eigenvalue weighted by atomic mass is 16.1. The summed E-state index contributed by atoms with van der Waals surface area (Å²) in [6.07, 6.45) is 1.71. The number of hydrogen-bond acceptors (Lipinski definition) is 6. The second-order valence-electron chi connectivity index (χ2n) is 6.16. The molecule has 1 aliphatic rings. The lowest BCUT2D eigenvalue weighted by Gasteiger charge is -2.12. The second-order valence-corrected chi connectivity index (χ2v) is 6.16. The first-order chi connectivity index (χ1) is 13.6. The molecule has 0 saturated carbocycles. The predicted octanol–water partition coefficient (Wildman–Crippen LogP) is 3.02. The first kappa shape index (κ1) is 19.5. The molecule has 8 nitrogen and oxygen atoms in total. The number of aromatic nitrogens is 4. The van der Waals surface area contributed by atoms with Crippen molar-refractivity contribution in [3.63, 3.8) is 0 Å². The third-order valence-corrected chi connectivity index (χ3v) is 4.24. The van der Waals surface area contributed by atoms with Crippen molar-refractivity contribution in [2.75, 3.05) is 18.0 Å². The lowest BCUT2D eigenvalue weighted by molar-refractivity contribution is 0.0946. The molecule has 1 amide bonds. The molecule has 0 unspecified atom stereocenters. The van der Waals surface area contributed by atoms with E-state index in [-0.39, 0.29) is 13.9 Å². The molecular weight excluding hydrogens is 354 g/mol. The van der Waals surface area contributed by atoms with Crippen LogP contribution in [0.25, 0.3) is 10.9 Å². The number of anilines is 1. The molecule has 0 radical (unpaired) electrons. The highest BCUT2D eigenvalue weighted by molar-refractivity contribution is 5.99. The summed E-state index contributed by atoms with van der Waals surface area (Å²) in [7, 11) is 0. The molecule has 1 aromatic carbocycles. The van der Waals surface area contributed by atoms with Crippen LogP contribution in [0.15, 0.2) is 29.3 Å². The number of hydrogen-bond donors (Lipinski definition) is 2. The Kier molecular flexibility index (Phi) is 5.98. The number of rotatable bonds is 4. The molecule has 0 atom stereocenters. The average molecular weight is 381 g/mol. The molecule has 4 rings (SSSR count). The number of aryl methyl sites for hydroxylation is 2. The molecule has 148 valence electrons. The number of nitrogens with zero attached hydrogens (tertiary/aromatic N) is 5. The Labute approximate surface area is 165 Å². The number of aromatic amines is 1. The Morgan fingerprint density at radius 1 is 1.21 bits per heavy atom. The normalized spacial score (nSPS) is 12.8. The molecule has 8 heteroatoms. The number of para-hydroxylation sites is 1. The second kappa shape index (κ2) is 8.60.